The molecule has 0 atom stereocenters. The number of barbiturate groups is 1. The van der Waals surface area contributed by atoms with Crippen molar-refractivity contribution in [1.82, 2.24) is 5.32 Å². The van der Waals surface area contributed by atoms with Crippen LogP contribution in [0.1, 0.15) is 36.2 Å². The number of amides is 4. The zero-order valence-corrected chi connectivity index (χ0v) is 17.6. The van der Waals surface area contributed by atoms with Gasteiger partial charge in [0.05, 0.1) is 24.5 Å². The third-order valence-electron chi connectivity index (χ3n) is 4.51. The highest BCUT2D eigenvalue weighted by Gasteiger charge is 2.36. The molecular weight excluding hydrogens is 416 g/mol. The second-order valence-electron chi connectivity index (χ2n) is 6.80. The van der Waals surface area contributed by atoms with Crippen LogP contribution in [0.15, 0.2) is 48.0 Å². The van der Waals surface area contributed by atoms with Crippen LogP contribution in [0.2, 0.25) is 0 Å². The predicted molar refractivity (Wildman–Crippen MR) is 116 cm³/mol. The minimum Gasteiger partial charge on any atom is -0.490 e. The number of benzene rings is 2. The lowest BCUT2D eigenvalue weighted by Crippen LogP contribution is -2.54. The Morgan fingerprint density at radius 2 is 1.75 bits per heavy atom. The van der Waals surface area contributed by atoms with E-state index in [4.69, 9.17) is 14.6 Å². The Morgan fingerprint density at radius 1 is 1.03 bits per heavy atom. The Hall–Kier alpha value is -4.14. The van der Waals surface area contributed by atoms with E-state index >= 15 is 0 Å². The third-order valence-corrected chi connectivity index (χ3v) is 4.51. The molecule has 2 aromatic carbocycles. The number of ether oxygens (including phenoxy) is 2. The number of carboxylic acid groups (broad SMARTS) is 1. The fourth-order valence-electron chi connectivity index (χ4n) is 3.03. The number of urea groups is 1. The topological polar surface area (TPSA) is 122 Å². The van der Waals surface area contributed by atoms with E-state index in [0.717, 1.165) is 11.3 Å². The Morgan fingerprint density at radius 3 is 2.38 bits per heavy atom. The number of anilines is 1. The molecule has 1 aliphatic rings. The first kappa shape index (κ1) is 22.5. The number of nitrogens with one attached hydrogen (secondary N) is 1. The number of aromatic carboxylic acids is 1. The summed E-state index contributed by atoms with van der Waals surface area (Å²) in [5, 5.41) is 11.2. The highest BCUT2D eigenvalue weighted by atomic mass is 16.5. The van der Waals surface area contributed by atoms with Crippen LogP contribution in [0.3, 0.4) is 0 Å². The molecule has 1 saturated heterocycles. The van der Waals surface area contributed by atoms with Crippen molar-refractivity contribution in [3.05, 3.63) is 59.2 Å². The maximum atomic E-state index is 13.0. The van der Waals surface area contributed by atoms with Crippen LogP contribution < -0.4 is 19.7 Å². The summed E-state index contributed by atoms with van der Waals surface area (Å²) in [6, 6.07) is 9.25. The molecule has 1 heterocycles. The number of carbonyl (C=O) groups excluding carboxylic acids is 3. The van der Waals surface area contributed by atoms with Crippen LogP contribution in [-0.4, -0.2) is 42.1 Å². The van der Waals surface area contributed by atoms with Crippen LogP contribution in [0, 0.1) is 0 Å². The van der Waals surface area contributed by atoms with E-state index in [1.165, 1.54) is 30.3 Å². The predicted octanol–water partition coefficient (Wildman–Crippen LogP) is 3.24. The number of nitrogens with zero attached hydrogens (tertiary/aromatic N) is 1. The van der Waals surface area contributed by atoms with Gasteiger partial charge < -0.3 is 14.6 Å². The van der Waals surface area contributed by atoms with Gasteiger partial charge in [-0.3, -0.25) is 14.9 Å². The summed E-state index contributed by atoms with van der Waals surface area (Å²) >= 11 is 0. The molecule has 4 amide bonds. The van der Waals surface area contributed by atoms with Gasteiger partial charge in [0.15, 0.2) is 11.5 Å². The highest BCUT2D eigenvalue weighted by Crippen LogP contribution is 2.30. The van der Waals surface area contributed by atoms with Crippen molar-refractivity contribution < 1.29 is 33.8 Å². The molecule has 2 aromatic rings. The zero-order valence-electron chi connectivity index (χ0n) is 17.6. The summed E-state index contributed by atoms with van der Waals surface area (Å²) in [6.07, 6.45) is 2.18. The Kier molecular flexibility index (Phi) is 6.89. The van der Waals surface area contributed by atoms with Crippen LogP contribution in [0.25, 0.3) is 6.08 Å². The normalized spacial score (nSPS) is 15.0. The van der Waals surface area contributed by atoms with Gasteiger partial charge in [-0.25, -0.2) is 14.5 Å². The molecule has 0 saturated carbocycles. The van der Waals surface area contributed by atoms with E-state index in [9.17, 15) is 19.2 Å². The van der Waals surface area contributed by atoms with Crippen molar-refractivity contribution >= 4 is 35.6 Å². The van der Waals surface area contributed by atoms with Crippen LogP contribution in [-0.2, 0) is 9.59 Å². The fourth-order valence-corrected chi connectivity index (χ4v) is 3.03. The van der Waals surface area contributed by atoms with Gasteiger partial charge in [0.1, 0.15) is 5.57 Å². The maximum absolute atomic E-state index is 13.0. The average Bonchev–Trinajstić information content (AvgIpc) is 2.76. The summed E-state index contributed by atoms with van der Waals surface area (Å²) in [5.74, 6) is -1.78. The lowest BCUT2D eigenvalue weighted by Gasteiger charge is -2.26. The third kappa shape index (κ3) is 4.77. The number of hydrogen-bond acceptors (Lipinski definition) is 6. The summed E-state index contributed by atoms with van der Waals surface area (Å²) in [5.41, 5.74) is 0.386. The van der Waals surface area contributed by atoms with E-state index in [2.05, 4.69) is 5.32 Å². The SMILES string of the molecule is CCCOc1ccc(C=C2C(=O)NC(=O)N(c3ccc(C(=O)O)cc3)C2=O)cc1OCC. The molecule has 0 bridgehead atoms. The second kappa shape index (κ2) is 9.78. The van der Waals surface area contributed by atoms with Gasteiger partial charge >= 0.3 is 12.0 Å². The number of carbonyl (C=O) groups is 4. The quantitative estimate of drug-likeness (QED) is 0.479. The van der Waals surface area contributed by atoms with Gasteiger partial charge in [-0.05, 0) is 61.4 Å². The summed E-state index contributed by atoms with van der Waals surface area (Å²) in [4.78, 5) is 49.5. The molecule has 9 heteroatoms. The molecule has 0 spiro atoms. The second-order valence-corrected chi connectivity index (χ2v) is 6.80. The minimum absolute atomic E-state index is 0.000654. The zero-order chi connectivity index (χ0) is 23.3. The first-order valence-corrected chi connectivity index (χ1v) is 10.00. The molecule has 0 radical (unpaired) electrons. The summed E-state index contributed by atoms with van der Waals surface area (Å²) in [6.45, 7) is 4.72. The Bertz CT molecular complexity index is 1090. The molecule has 1 fully saturated rings. The number of imide groups is 2. The van der Waals surface area contributed by atoms with E-state index in [1.54, 1.807) is 18.2 Å². The Labute approximate surface area is 184 Å². The molecule has 32 heavy (non-hydrogen) atoms. The van der Waals surface area contributed by atoms with E-state index in [0.29, 0.717) is 30.3 Å². The van der Waals surface area contributed by atoms with Crippen molar-refractivity contribution in [2.45, 2.75) is 20.3 Å². The summed E-state index contributed by atoms with van der Waals surface area (Å²) < 4.78 is 11.3. The molecular formula is C23H22N2O7. The molecule has 166 valence electrons. The molecule has 1 aliphatic heterocycles. The van der Waals surface area contributed by atoms with Crippen molar-refractivity contribution in [2.75, 3.05) is 18.1 Å². The maximum Gasteiger partial charge on any atom is 0.335 e. The molecule has 2 N–H and O–H groups in total. The average molecular weight is 438 g/mol. The number of carboxylic acids is 1. The molecule has 0 aliphatic carbocycles. The van der Waals surface area contributed by atoms with Crippen molar-refractivity contribution in [3.8, 4) is 11.5 Å². The smallest absolute Gasteiger partial charge is 0.335 e. The van der Waals surface area contributed by atoms with E-state index < -0.39 is 23.8 Å². The van der Waals surface area contributed by atoms with Gasteiger partial charge in [0.2, 0.25) is 0 Å². The van der Waals surface area contributed by atoms with Crippen LogP contribution in [0.4, 0.5) is 10.5 Å². The monoisotopic (exact) mass is 438 g/mol. The standard InChI is InChI=1S/C23H22N2O7/c1-3-11-32-18-10-5-14(13-19(18)31-4-2)12-17-20(26)24-23(30)25(21(17)27)16-8-6-15(7-9-16)22(28)29/h5-10,12-13H,3-4,11H2,1-2H3,(H,28,29)(H,24,26,30). The van der Waals surface area contributed by atoms with Gasteiger partial charge in [0.25, 0.3) is 11.8 Å². The largest absolute Gasteiger partial charge is 0.490 e. The lowest BCUT2D eigenvalue weighted by atomic mass is 10.1. The molecule has 0 unspecified atom stereocenters. The van der Waals surface area contributed by atoms with E-state index in [-0.39, 0.29) is 16.8 Å². The van der Waals surface area contributed by atoms with Gasteiger partial charge in [-0.2, -0.15) is 0 Å². The summed E-state index contributed by atoms with van der Waals surface area (Å²) in [7, 11) is 0. The van der Waals surface area contributed by atoms with Crippen LogP contribution in [0.5, 0.6) is 11.5 Å². The number of rotatable bonds is 8. The minimum atomic E-state index is -1.14. The Balaban J connectivity index is 1.94. The van der Waals surface area contributed by atoms with E-state index in [1.807, 2.05) is 13.8 Å². The highest BCUT2D eigenvalue weighted by molar-refractivity contribution is 6.39. The van der Waals surface area contributed by atoms with Crippen molar-refractivity contribution in [3.63, 3.8) is 0 Å². The van der Waals surface area contributed by atoms with Crippen molar-refractivity contribution in [2.24, 2.45) is 0 Å². The van der Waals surface area contributed by atoms with Gasteiger partial charge in [-0.1, -0.05) is 13.0 Å². The van der Waals surface area contributed by atoms with Crippen LogP contribution >= 0.6 is 0 Å². The fraction of sp³-hybridized carbons (Fsp3) is 0.217. The molecule has 9 nitrogen and oxygen atoms in total. The van der Waals surface area contributed by atoms with Gasteiger partial charge in [-0.15, -0.1) is 0 Å². The number of hydrogen-bond donors (Lipinski definition) is 2. The van der Waals surface area contributed by atoms with Crippen molar-refractivity contribution in [1.29, 1.82) is 0 Å². The molecule has 0 aromatic heterocycles. The van der Waals surface area contributed by atoms with Gasteiger partial charge in [0, 0.05) is 0 Å². The first-order valence-electron chi connectivity index (χ1n) is 10.00. The lowest BCUT2D eigenvalue weighted by molar-refractivity contribution is -0.122. The first-order chi connectivity index (χ1) is 15.3. The molecule has 3 rings (SSSR count).